The second kappa shape index (κ2) is 14.7. The molecule has 0 spiro atoms. The van der Waals surface area contributed by atoms with E-state index in [9.17, 15) is 27.2 Å². The minimum Gasteiger partial charge on any atom is -0.431 e. The van der Waals surface area contributed by atoms with E-state index in [1.54, 1.807) is 32.0 Å². The molecular formula is C31H33BrClF4N3O3. The number of alkyl halides is 2. The maximum absolute atomic E-state index is 15.0. The van der Waals surface area contributed by atoms with E-state index in [4.69, 9.17) is 21.3 Å². The highest BCUT2D eigenvalue weighted by molar-refractivity contribution is 9.10. The molecule has 1 fully saturated rings. The Morgan fingerprint density at radius 1 is 1.21 bits per heavy atom. The van der Waals surface area contributed by atoms with Crippen LogP contribution in [0.5, 0.6) is 0 Å². The number of anilines is 1. The summed E-state index contributed by atoms with van der Waals surface area (Å²) in [6.07, 6.45) is -1.58. The van der Waals surface area contributed by atoms with E-state index in [0.717, 1.165) is 12.1 Å². The topological polar surface area (TPSA) is 71.5 Å². The summed E-state index contributed by atoms with van der Waals surface area (Å²) in [7, 11) is 0. The van der Waals surface area contributed by atoms with E-state index in [-0.39, 0.29) is 37.9 Å². The van der Waals surface area contributed by atoms with Gasteiger partial charge in [-0.25, -0.2) is 22.5 Å². The van der Waals surface area contributed by atoms with E-state index >= 15 is 0 Å². The van der Waals surface area contributed by atoms with Gasteiger partial charge in [0, 0.05) is 52.8 Å². The number of nitrogens with one attached hydrogen (secondary N) is 1. The smallest absolute Gasteiger partial charge is 0.308 e. The predicted octanol–water partition coefficient (Wildman–Crippen LogP) is 8.11. The summed E-state index contributed by atoms with van der Waals surface area (Å²) in [6, 6.07) is 7.10. The number of esters is 1. The van der Waals surface area contributed by atoms with Gasteiger partial charge in [-0.15, -0.1) is 0 Å². The number of nitrogens with zero attached hydrogens (tertiary/aromatic N) is 2. The van der Waals surface area contributed by atoms with Crippen molar-refractivity contribution in [2.24, 2.45) is 0 Å². The molecule has 4 rings (SSSR count). The fourth-order valence-electron chi connectivity index (χ4n) is 5.39. The van der Waals surface area contributed by atoms with Crippen LogP contribution in [0.1, 0.15) is 72.9 Å². The molecule has 3 aromatic rings. The molecule has 1 N–H and O–H groups in total. The lowest BCUT2D eigenvalue weighted by molar-refractivity contribution is -0.158. The van der Waals surface area contributed by atoms with Gasteiger partial charge in [0.2, 0.25) is 6.36 Å². The Morgan fingerprint density at radius 3 is 2.67 bits per heavy atom. The average molecular weight is 687 g/mol. The zero-order chi connectivity index (χ0) is 31.3. The quantitative estimate of drug-likeness (QED) is 0.125. The van der Waals surface area contributed by atoms with Crippen LogP contribution >= 0.6 is 27.5 Å². The highest BCUT2D eigenvalue weighted by Crippen LogP contribution is 2.34. The van der Waals surface area contributed by atoms with Crippen LogP contribution < -0.4 is 10.2 Å². The van der Waals surface area contributed by atoms with Crippen molar-refractivity contribution in [3.05, 3.63) is 68.2 Å². The minimum absolute atomic E-state index is 0.0380. The number of fused-ring (bicyclic) bond motifs is 1. The SMILES string of the molecule is CCCC(F)OC(=O)CCC(CNC(=O)c1c(C)c(N2CCCC(F)C2)nc2ccc(Br)cc12)c1c(F)ccc(F)c1Cl. The normalized spacial score (nSPS) is 16.7. The third-order valence-electron chi connectivity index (χ3n) is 7.52. The number of amides is 1. The molecule has 12 heteroatoms. The number of rotatable bonds is 11. The lowest BCUT2D eigenvalue weighted by Gasteiger charge is -2.32. The number of benzene rings is 2. The number of ether oxygens (including phenoxy) is 1. The number of pyridine rings is 1. The Kier molecular flexibility index (Phi) is 11.3. The largest absolute Gasteiger partial charge is 0.431 e. The molecule has 6 nitrogen and oxygen atoms in total. The molecule has 2 aromatic carbocycles. The van der Waals surface area contributed by atoms with Gasteiger partial charge in [0.05, 0.1) is 22.6 Å². The van der Waals surface area contributed by atoms with Crippen molar-refractivity contribution < 1.29 is 31.9 Å². The van der Waals surface area contributed by atoms with Gasteiger partial charge >= 0.3 is 5.97 Å². The van der Waals surface area contributed by atoms with Crippen LogP contribution in [0.25, 0.3) is 10.9 Å². The molecular weight excluding hydrogens is 654 g/mol. The minimum atomic E-state index is -1.77. The molecule has 0 saturated carbocycles. The summed E-state index contributed by atoms with van der Waals surface area (Å²) in [5, 5.41) is 2.87. The van der Waals surface area contributed by atoms with E-state index in [0.29, 0.717) is 58.1 Å². The summed E-state index contributed by atoms with van der Waals surface area (Å²) < 4.78 is 63.0. The zero-order valence-electron chi connectivity index (χ0n) is 23.9. The van der Waals surface area contributed by atoms with Crippen LogP contribution in [-0.2, 0) is 9.53 Å². The lowest BCUT2D eigenvalue weighted by atomic mass is 9.92. The second-order valence-electron chi connectivity index (χ2n) is 10.7. The third-order valence-corrected chi connectivity index (χ3v) is 8.40. The number of aromatic nitrogens is 1. The number of carbonyl (C=O) groups is 2. The third kappa shape index (κ3) is 7.98. The maximum Gasteiger partial charge on any atom is 0.308 e. The van der Waals surface area contributed by atoms with E-state index in [1.165, 1.54) is 0 Å². The van der Waals surface area contributed by atoms with Crippen molar-refractivity contribution in [3.8, 4) is 0 Å². The summed E-state index contributed by atoms with van der Waals surface area (Å²) in [4.78, 5) is 32.7. The Hall–Kier alpha value is -2.92. The first-order chi connectivity index (χ1) is 20.5. The molecule has 232 valence electrons. The van der Waals surface area contributed by atoms with Crippen molar-refractivity contribution in [2.75, 3.05) is 24.5 Å². The van der Waals surface area contributed by atoms with Gasteiger partial charge in [-0.2, -0.15) is 0 Å². The summed E-state index contributed by atoms with van der Waals surface area (Å²) in [5.41, 5.74) is 1.16. The summed E-state index contributed by atoms with van der Waals surface area (Å²) in [5.74, 6) is -3.49. The average Bonchev–Trinajstić information content (AvgIpc) is 2.95. The molecule has 3 atom stereocenters. The molecule has 1 aliphatic rings. The molecule has 43 heavy (non-hydrogen) atoms. The monoisotopic (exact) mass is 685 g/mol. The highest BCUT2D eigenvalue weighted by Gasteiger charge is 2.28. The lowest BCUT2D eigenvalue weighted by Crippen LogP contribution is -2.38. The van der Waals surface area contributed by atoms with E-state index in [1.807, 2.05) is 4.90 Å². The number of carbonyl (C=O) groups excluding carboxylic acids is 2. The second-order valence-corrected chi connectivity index (χ2v) is 12.0. The first-order valence-corrected chi connectivity index (χ1v) is 15.4. The van der Waals surface area contributed by atoms with Gasteiger partial charge in [-0.05, 0) is 62.9 Å². The van der Waals surface area contributed by atoms with Crippen LogP contribution in [0.3, 0.4) is 0 Å². The Morgan fingerprint density at radius 2 is 1.95 bits per heavy atom. The van der Waals surface area contributed by atoms with Gasteiger partial charge < -0.3 is 15.0 Å². The number of halogens is 6. The Labute approximate surface area is 261 Å². The van der Waals surface area contributed by atoms with Crippen molar-refractivity contribution in [1.29, 1.82) is 0 Å². The summed E-state index contributed by atoms with van der Waals surface area (Å²) in [6.45, 7) is 4.01. The van der Waals surface area contributed by atoms with Gasteiger partial charge in [-0.3, -0.25) is 9.59 Å². The first kappa shape index (κ1) is 33.0. The standard InChI is InChI=1S/C31H33BrClF4N3O3/c1-3-5-25(37)43-26(41)12-7-18(28-22(35)9-10-23(36)29(28)33)15-38-31(42)27-17(2)30(40-13-4-6-20(34)16-40)39-24-11-8-19(32)14-21(24)27/h8-11,14,18,20,25H,3-7,12-13,15-16H2,1-2H3,(H,38,42). The van der Waals surface area contributed by atoms with Crippen LogP contribution in [0.15, 0.2) is 34.8 Å². The number of hydrogen-bond donors (Lipinski definition) is 1. The van der Waals surface area contributed by atoms with Gasteiger partial charge in [0.25, 0.3) is 5.91 Å². The Bertz CT molecular complexity index is 1490. The molecule has 0 aliphatic carbocycles. The molecule has 3 unspecified atom stereocenters. The van der Waals surface area contributed by atoms with E-state index in [2.05, 4.69) is 21.2 Å². The van der Waals surface area contributed by atoms with E-state index < -0.39 is 47.0 Å². The van der Waals surface area contributed by atoms with Gasteiger partial charge in [0.15, 0.2) is 0 Å². The van der Waals surface area contributed by atoms with Crippen LogP contribution in [0.2, 0.25) is 5.02 Å². The Balaban J connectivity index is 1.65. The van der Waals surface area contributed by atoms with Crippen LogP contribution in [-0.4, -0.2) is 49.0 Å². The fraction of sp³-hybridized carbons (Fsp3) is 0.452. The summed E-state index contributed by atoms with van der Waals surface area (Å²) >= 11 is 9.59. The number of piperidine rings is 1. The van der Waals surface area contributed by atoms with Crippen LogP contribution in [0, 0.1) is 18.6 Å². The van der Waals surface area contributed by atoms with Crippen molar-refractivity contribution in [2.45, 2.75) is 70.8 Å². The van der Waals surface area contributed by atoms with Gasteiger partial charge in [0.1, 0.15) is 23.6 Å². The first-order valence-electron chi connectivity index (χ1n) is 14.2. The van der Waals surface area contributed by atoms with Crippen molar-refractivity contribution >= 4 is 56.1 Å². The number of hydrogen-bond acceptors (Lipinski definition) is 5. The fourth-order valence-corrected chi connectivity index (χ4v) is 6.05. The molecule has 1 aromatic heterocycles. The zero-order valence-corrected chi connectivity index (χ0v) is 26.2. The molecule has 0 radical (unpaired) electrons. The predicted molar refractivity (Wildman–Crippen MR) is 162 cm³/mol. The van der Waals surface area contributed by atoms with Crippen molar-refractivity contribution in [1.82, 2.24) is 10.3 Å². The molecule has 1 amide bonds. The van der Waals surface area contributed by atoms with Crippen LogP contribution in [0.4, 0.5) is 23.4 Å². The van der Waals surface area contributed by atoms with Crippen molar-refractivity contribution in [3.63, 3.8) is 0 Å². The van der Waals surface area contributed by atoms with Gasteiger partial charge in [-0.1, -0.05) is 34.5 Å². The molecule has 1 aliphatic heterocycles. The molecule has 2 heterocycles. The highest BCUT2D eigenvalue weighted by atomic mass is 79.9. The maximum atomic E-state index is 15.0. The molecule has 0 bridgehead atoms. The molecule has 1 saturated heterocycles.